The Hall–Kier alpha value is -0.710. The van der Waals surface area contributed by atoms with Crippen LogP contribution >= 0.6 is 15.9 Å². The van der Waals surface area contributed by atoms with Crippen LogP contribution in [0.15, 0.2) is 24.3 Å². The summed E-state index contributed by atoms with van der Waals surface area (Å²) in [4.78, 5) is 0.335. The van der Waals surface area contributed by atoms with E-state index in [1.807, 2.05) is 0 Å². The second kappa shape index (κ2) is 7.02. The molecule has 0 aliphatic heterocycles. The van der Waals surface area contributed by atoms with Gasteiger partial charge in [0.25, 0.3) is 0 Å². The van der Waals surface area contributed by atoms with Gasteiger partial charge in [0.15, 0.2) is 0 Å². The lowest BCUT2D eigenvalue weighted by Gasteiger charge is -2.14. The number of hydrogen-bond donors (Lipinski definition) is 0. The van der Waals surface area contributed by atoms with Crippen molar-refractivity contribution in [1.29, 1.82) is 0 Å². The van der Waals surface area contributed by atoms with Crippen molar-refractivity contribution in [2.75, 3.05) is 0 Å². The Morgan fingerprint density at radius 1 is 1.22 bits per heavy atom. The van der Waals surface area contributed by atoms with Crippen LogP contribution in [-0.4, -0.2) is 11.2 Å². The second-order valence-corrected chi connectivity index (χ2v) is 5.38. The van der Waals surface area contributed by atoms with Crippen LogP contribution < -0.4 is 4.74 Å². The van der Waals surface area contributed by atoms with E-state index < -0.39 is 6.36 Å². The summed E-state index contributed by atoms with van der Waals surface area (Å²) in [6, 6.07) is 6.29. The van der Waals surface area contributed by atoms with E-state index in [1.54, 1.807) is 18.2 Å². The van der Waals surface area contributed by atoms with Crippen molar-refractivity contribution in [2.24, 2.45) is 0 Å². The topological polar surface area (TPSA) is 9.23 Å². The Bertz CT molecular complexity index is 365. The molecule has 0 bridgehead atoms. The summed E-state index contributed by atoms with van der Waals surface area (Å²) in [6.07, 6.45) is -1.19. The van der Waals surface area contributed by atoms with Gasteiger partial charge in [-0.25, -0.2) is 0 Å². The number of benzene rings is 1. The zero-order valence-corrected chi connectivity index (χ0v) is 11.7. The molecule has 0 saturated carbocycles. The van der Waals surface area contributed by atoms with Gasteiger partial charge in [0.2, 0.25) is 0 Å². The number of hydrogen-bond acceptors (Lipinski definition) is 1. The lowest BCUT2D eigenvalue weighted by Crippen LogP contribution is -2.18. The summed E-state index contributed by atoms with van der Waals surface area (Å²) in [6.45, 7) is 2.08. The van der Waals surface area contributed by atoms with Gasteiger partial charge in [-0.3, -0.25) is 0 Å². The van der Waals surface area contributed by atoms with E-state index in [2.05, 4.69) is 27.6 Å². The van der Waals surface area contributed by atoms with Gasteiger partial charge in [-0.15, -0.1) is 13.2 Å². The Labute approximate surface area is 113 Å². The molecule has 0 amide bonds. The number of para-hydroxylation sites is 1. The maximum absolute atomic E-state index is 12.2. The van der Waals surface area contributed by atoms with Gasteiger partial charge in [-0.2, -0.15) is 0 Å². The Kier molecular flexibility index (Phi) is 5.99. The average Bonchev–Trinajstić information content (AvgIpc) is 2.26. The third-order valence-corrected chi connectivity index (χ3v) is 3.44. The summed E-state index contributed by atoms with van der Waals surface area (Å²) >= 11 is 3.52. The SMILES string of the molecule is CCCC(Br)CCc1ccccc1OC(F)(F)F. The van der Waals surface area contributed by atoms with Gasteiger partial charge in [-0.1, -0.05) is 47.5 Å². The van der Waals surface area contributed by atoms with E-state index in [0.717, 1.165) is 19.3 Å². The quantitative estimate of drug-likeness (QED) is 0.663. The molecule has 0 aliphatic rings. The predicted octanol–water partition coefficient (Wildman–Crippen LogP) is 5.08. The highest BCUT2D eigenvalue weighted by molar-refractivity contribution is 9.09. The van der Waals surface area contributed by atoms with Crippen LogP contribution in [0.3, 0.4) is 0 Å². The number of alkyl halides is 4. The molecular weight excluding hydrogens is 309 g/mol. The normalized spacial score (nSPS) is 13.4. The van der Waals surface area contributed by atoms with E-state index >= 15 is 0 Å². The maximum Gasteiger partial charge on any atom is 0.573 e. The first-order valence-electron chi connectivity index (χ1n) is 5.90. The Balaban J connectivity index is 2.65. The monoisotopic (exact) mass is 324 g/mol. The molecule has 0 spiro atoms. The minimum Gasteiger partial charge on any atom is -0.406 e. The first-order valence-corrected chi connectivity index (χ1v) is 6.81. The minimum absolute atomic E-state index is 0.0961. The van der Waals surface area contributed by atoms with E-state index in [4.69, 9.17) is 0 Å². The summed E-state index contributed by atoms with van der Waals surface area (Å²) < 4.78 is 40.6. The number of halogens is 4. The average molecular weight is 325 g/mol. The van der Waals surface area contributed by atoms with Crippen LogP contribution in [0.1, 0.15) is 31.7 Å². The highest BCUT2D eigenvalue weighted by atomic mass is 79.9. The van der Waals surface area contributed by atoms with Gasteiger partial charge in [0.1, 0.15) is 5.75 Å². The van der Waals surface area contributed by atoms with E-state index in [1.165, 1.54) is 6.07 Å². The molecule has 1 unspecified atom stereocenters. The molecule has 102 valence electrons. The maximum atomic E-state index is 12.2. The zero-order chi connectivity index (χ0) is 13.6. The first kappa shape index (κ1) is 15.3. The van der Waals surface area contributed by atoms with Crippen molar-refractivity contribution in [1.82, 2.24) is 0 Å². The molecule has 5 heteroatoms. The third-order valence-electron chi connectivity index (χ3n) is 2.53. The molecule has 0 aromatic heterocycles. The van der Waals surface area contributed by atoms with Gasteiger partial charge < -0.3 is 4.74 Å². The van der Waals surface area contributed by atoms with Gasteiger partial charge >= 0.3 is 6.36 Å². The first-order chi connectivity index (χ1) is 8.42. The predicted molar refractivity (Wildman–Crippen MR) is 69.1 cm³/mol. The summed E-state index contributed by atoms with van der Waals surface area (Å²) in [7, 11) is 0. The van der Waals surface area contributed by atoms with E-state index in [-0.39, 0.29) is 5.75 Å². The van der Waals surface area contributed by atoms with Crippen molar-refractivity contribution in [3.8, 4) is 5.75 Å². The van der Waals surface area contributed by atoms with Crippen molar-refractivity contribution in [3.05, 3.63) is 29.8 Å². The molecule has 0 radical (unpaired) electrons. The summed E-state index contributed by atoms with van der Waals surface area (Å²) in [5.74, 6) is -0.0961. The number of aryl methyl sites for hydroxylation is 1. The number of rotatable bonds is 6. The van der Waals surface area contributed by atoms with Crippen LogP contribution in [0.4, 0.5) is 13.2 Å². The molecule has 0 heterocycles. The largest absolute Gasteiger partial charge is 0.573 e. The van der Waals surface area contributed by atoms with Crippen LogP contribution in [-0.2, 0) is 6.42 Å². The highest BCUT2D eigenvalue weighted by Crippen LogP contribution is 2.28. The van der Waals surface area contributed by atoms with Crippen molar-refractivity contribution < 1.29 is 17.9 Å². The molecular formula is C13H16BrF3O. The summed E-state index contributed by atoms with van der Waals surface area (Å²) in [5.41, 5.74) is 0.593. The van der Waals surface area contributed by atoms with Gasteiger partial charge in [-0.05, 0) is 30.9 Å². The summed E-state index contributed by atoms with van der Waals surface area (Å²) in [5, 5.41) is 0. The lowest BCUT2D eigenvalue weighted by molar-refractivity contribution is -0.274. The molecule has 1 nitrogen and oxygen atoms in total. The van der Waals surface area contributed by atoms with Crippen LogP contribution in [0.2, 0.25) is 0 Å². The molecule has 0 saturated heterocycles. The van der Waals surface area contributed by atoms with E-state index in [0.29, 0.717) is 16.8 Å². The molecule has 1 aromatic rings. The highest BCUT2D eigenvalue weighted by Gasteiger charge is 2.31. The van der Waals surface area contributed by atoms with Crippen molar-refractivity contribution in [2.45, 2.75) is 43.8 Å². The van der Waals surface area contributed by atoms with Crippen LogP contribution in [0.5, 0.6) is 5.75 Å². The molecule has 0 N–H and O–H groups in total. The molecule has 0 aliphatic carbocycles. The molecule has 1 aromatic carbocycles. The van der Waals surface area contributed by atoms with Crippen molar-refractivity contribution >= 4 is 15.9 Å². The van der Waals surface area contributed by atoms with Gasteiger partial charge in [0, 0.05) is 4.83 Å². The fourth-order valence-corrected chi connectivity index (χ4v) is 2.39. The zero-order valence-electron chi connectivity index (χ0n) is 10.1. The molecule has 0 fully saturated rings. The molecule has 18 heavy (non-hydrogen) atoms. The second-order valence-electron chi connectivity index (χ2n) is 4.08. The smallest absolute Gasteiger partial charge is 0.406 e. The lowest BCUT2D eigenvalue weighted by atomic mass is 10.1. The van der Waals surface area contributed by atoms with Crippen molar-refractivity contribution in [3.63, 3.8) is 0 Å². The van der Waals surface area contributed by atoms with E-state index in [9.17, 15) is 13.2 Å². The molecule has 1 atom stereocenters. The van der Waals surface area contributed by atoms with Crippen LogP contribution in [0.25, 0.3) is 0 Å². The van der Waals surface area contributed by atoms with Gasteiger partial charge in [0.05, 0.1) is 0 Å². The fraction of sp³-hybridized carbons (Fsp3) is 0.538. The minimum atomic E-state index is -4.63. The Morgan fingerprint density at radius 2 is 1.89 bits per heavy atom. The number of ether oxygens (including phenoxy) is 1. The Morgan fingerprint density at radius 3 is 2.50 bits per heavy atom. The third kappa shape index (κ3) is 5.76. The fourth-order valence-electron chi connectivity index (χ4n) is 1.70. The standard InChI is InChI=1S/C13H16BrF3O/c1-2-5-11(14)9-8-10-6-3-4-7-12(10)18-13(15,16)17/h3-4,6-7,11H,2,5,8-9H2,1H3. The molecule has 1 rings (SSSR count). The van der Waals surface area contributed by atoms with Crippen LogP contribution in [0, 0.1) is 0 Å².